The van der Waals surface area contributed by atoms with Crippen molar-refractivity contribution in [3.8, 4) is 0 Å². The summed E-state index contributed by atoms with van der Waals surface area (Å²) in [5.74, 6) is 0.250. The van der Waals surface area contributed by atoms with Gasteiger partial charge in [-0.3, -0.25) is 10.1 Å². The first-order valence-corrected chi connectivity index (χ1v) is 10.8. The number of pyridine rings is 1. The second-order valence-electron chi connectivity index (χ2n) is 7.22. The zero-order chi connectivity index (χ0) is 21.8. The Labute approximate surface area is 184 Å². The molecule has 0 aliphatic rings. The van der Waals surface area contributed by atoms with Crippen LogP contribution in [0.15, 0.2) is 79.0 Å². The number of benzene rings is 2. The van der Waals surface area contributed by atoms with E-state index in [1.165, 1.54) is 17.4 Å². The maximum absolute atomic E-state index is 14.9. The van der Waals surface area contributed by atoms with Crippen LogP contribution < -0.4 is 15.6 Å². The Morgan fingerprint density at radius 1 is 0.968 bits per heavy atom. The quantitative estimate of drug-likeness (QED) is 0.406. The highest BCUT2D eigenvalue weighted by atomic mass is 32.1. The molecule has 2 aromatic carbocycles. The molecule has 31 heavy (non-hydrogen) atoms. The molecule has 0 aliphatic carbocycles. The highest BCUT2D eigenvalue weighted by Gasteiger charge is 2.30. The maximum Gasteiger partial charge on any atom is 0.272 e. The third-order valence-electron chi connectivity index (χ3n) is 5.21. The van der Waals surface area contributed by atoms with Gasteiger partial charge in [0.25, 0.3) is 11.7 Å². The van der Waals surface area contributed by atoms with Crippen molar-refractivity contribution in [3.63, 3.8) is 0 Å². The van der Waals surface area contributed by atoms with E-state index in [1.807, 2.05) is 62.5 Å². The Hall–Kier alpha value is -3.51. The highest BCUT2D eigenvalue weighted by Crippen LogP contribution is 2.41. The molecule has 4 aromatic rings. The van der Waals surface area contributed by atoms with Gasteiger partial charge in [0.2, 0.25) is 0 Å². The zero-order valence-corrected chi connectivity index (χ0v) is 18.1. The van der Waals surface area contributed by atoms with Crippen LogP contribution in [0.4, 0.5) is 15.2 Å². The Morgan fingerprint density at radius 3 is 2.39 bits per heavy atom. The Kier molecular flexibility index (Phi) is 6.09. The molecule has 6 heteroatoms. The summed E-state index contributed by atoms with van der Waals surface area (Å²) in [4.78, 5) is 17.1. The number of aromatic nitrogens is 1. The van der Waals surface area contributed by atoms with E-state index in [9.17, 15) is 9.18 Å². The monoisotopic (exact) mass is 432 g/mol. The molecule has 0 fully saturated rings. The lowest BCUT2D eigenvalue weighted by Gasteiger charge is -2.18. The predicted octanol–water partition coefficient (Wildman–Crippen LogP) is 5.77. The maximum atomic E-state index is 14.9. The van der Waals surface area contributed by atoms with Gasteiger partial charge in [-0.25, -0.2) is 9.37 Å². The number of anilines is 2. The Bertz CT molecular complexity index is 1190. The molecular formula is C25H23FN3OS+. The molecular weight excluding hydrogens is 409 g/mol. The first kappa shape index (κ1) is 20.8. The van der Waals surface area contributed by atoms with Crippen LogP contribution >= 0.6 is 11.3 Å². The summed E-state index contributed by atoms with van der Waals surface area (Å²) in [6.07, 6.45) is 1.81. The van der Waals surface area contributed by atoms with Gasteiger partial charge in [-0.1, -0.05) is 42.5 Å². The fourth-order valence-corrected chi connectivity index (χ4v) is 4.60. The summed E-state index contributed by atoms with van der Waals surface area (Å²) < 4.78 is 14.9. The normalized spacial score (nSPS) is 11.7. The summed E-state index contributed by atoms with van der Waals surface area (Å²) in [5, 5.41) is 7.18. The Balaban J connectivity index is 1.79. The minimum atomic E-state index is -0.490. The van der Waals surface area contributed by atoms with Crippen LogP contribution in [0, 0.1) is 19.7 Å². The second kappa shape index (κ2) is 9.10. The van der Waals surface area contributed by atoms with Crippen molar-refractivity contribution in [2.24, 2.45) is 0 Å². The largest absolute Gasteiger partial charge is 0.313 e. The molecule has 0 unspecified atom stereocenters. The van der Waals surface area contributed by atoms with E-state index in [0.717, 1.165) is 21.8 Å². The SMILES string of the molecule is Cc1sc(NC(=O)c2ccccc2)c([C@H](Nc2cccc[nH+]2)c2ccccc2F)c1C. The Morgan fingerprint density at radius 2 is 1.68 bits per heavy atom. The van der Waals surface area contributed by atoms with Crippen molar-refractivity contribution >= 4 is 28.1 Å². The molecule has 0 spiro atoms. The van der Waals surface area contributed by atoms with Crippen LogP contribution in [0.1, 0.15) is 38.0 Å². The number of nitrogens with one attached hydrogen (secondary N) is 3. The summed E-state index contributed by atoms with van der Waals surface area (Å²) in [6, 6.07) is 21.0. The van der Waals surface area contributed by atoms with Crippen molar-refractivity contribution < 1.29 is 14.2 Å². The molecule has 156 valence electrons. The lowest BCUT2D eigenvalue weighted by molar-refractivity contribution is -0.361. The van der Waals surface area contributed by atoms with Gasteiger partial charge < -0.3 is 5.32 Å². The molecule has 0 saturated carbocycles. The lowest BCUT2D eigenvalue weighted by Crippen LogP contribution is -2.21. The second-order valence-corrected chi connectivity index (χ2v) is 8.45. The number of amides is 1. The van der Waals surface area contributed by atoms with Crippen molar-refractivity contribution in [1.82, 2.24) is 0 Å². The molecule has 1 atom stereocenters. The van der Waals surface area contributed by atoms with Crippen LogP contribution in [0.5, 0.6) is 0 Å². The molecule has 0 radical (unpaired) electrons. The van der Waals surface area contributed by atoms with Gasteiger partial charge in [-0.05, 0) is 43.7 Å². The number of hydrogen-bond acceptors (Lipinski definition) is 3. The molecule has 0 aliphatic heterocycles. The van der Waals surface area contributed by atoms with Crippen molar-refractivity contribution in [2.75, 3.05) is 10.6 Å². The van der Waals surface area contributed by atoms with Crippen LogP contribution in [0.2, 0.25) is 0 Å². The average Bonchev–Trinajstić information content (AvgIpc) is 3.07. The van der Waals surface area contributed by atoms with Crippen molar-refractivity contribution in [1.29, 1.82) is 0 Å². The van der Waals surface area contributed by atoms with Crippen molar-refractivity contribution in [3.05, 3.63) is 112 Å². The van der Waals surface area contributed by atoms with Gasteiger partial charge in [0.15, 0.2) is 6.04 Å². The molecule has 1 amide bonds. The van der Waals surface area contributed by atoms with E-state index < -0.39 is 6.04 Å². The first-order chi connectivity index (χ1) is 15.0. The summed E-state index contributed by atoms with van der Waals surface area (Å²) in [5.41, 5.74) is 2.96. The molecule has 0 bridgehead atoms. The number of H-pyrrole nitrogens is 1. The number of halogens is 1. The summed E-state index contributed by atoms with van der Waals surface area (Å²) in [6.45, 7) is 4.01. The lowest BCUT2D eigenvalue weighted by atomic mass is 9.96. The highest BCUT2D eigenvalue weighted by molar-refractivity contribution is 7.16. The number of carbonyl (C=O) groups is 1. The number of aryl methyl sites for hydroxylation is 1. The average molecular weight is 433 g/mol. The molecule has 0 saturated heterocycles. The predicted molar refractivity (Wildman–Crippen MR) is 123 cm³/mol. The number of rotatable bonds is 6. The molecule has 2 aromatic heterocycles. The molecule has 4 rings (SSSR count). The number of carbonyl (C=O) groups excluding carboxylic acids is 1. The van der Waals surface area contributed by atoms with Crippen LogP contribution in [-0.2, 0) is 0 Å². The van der Waals surface area contributed by atoms with Crippen LogP contribution in [0.25, 0.3) is 0 Å². The van der Waals surface area contributed by atoms with Gasteiger partial charge in [0.05, 0.1) is 6.20 Å². The van der Waals surface area contributed by atoms with E-state index in [0.29, 0.717) is 16.1 Å². The zero-order valence-electron chi connectivity index (χ0n) is 17.3. The van der Waals surface area contributed by atoms with Crippen molar-refractivity contribution in [2.45, 2.75) is 19.9 Å². The van der Waals surface area contributed by atoms with Gasteiger partial charge in [0.1, 0.15) is 10.8 Å². The van der Waals surface area contributed by atoms with E-state index in [2.05, 4.69) is 15.6 Å². The summed E-state index contributed by atoms with van der Waals surface area (Å²) in [7, 11) is 0. The first-order valence-electron chi connectivity index (χ1n) is 9.98. The molecule has 4 nitrogen and oxygen atoms in total. The number of thiophene rings is 1. The van der Waals surface area contributed by atoms with Gasteiger partial charge >= 0.3 is 0 Å². The third-order valence-corrected chi connectivity index (χ3v) is 6.35. The van der Waals surface area contributed by atoms with Gasteiger partial charge in [-0.2, -0.15) is 0 Å². The van der Waals surface area contributed by atoms with E-state index in [1.54, 1.807) is 24.3 Å². The van der Waals surface area contributed by atoms with Gasteiger partial charge in [0, 0.05) is 27.6 Å². The smallest absolute Gasteiger partial charge is 0.272 e. The molecule has 3 N–H and O–H groups in total. The van der Waals surface area contributed by atoms with E-state index in [-0.39, 0.29) is 11.7 Å². The summed E-state index contributed by atoms with van der Waals surface area (Å²) >= 11 is 1.50. The molecule has 2 heterocycles. The fraction of sp³-hybridized carbons (Fsp3) is 0.120. The minimum Gasteiger partial charge on any atom is -0.313 e. The topological polar surface area (TPSA) is 55.3 Å². The fourth-order valence-electron chi connectivity index (χ4n) is 3.50. The van der Waals surface area contributed by atoms with Crippen LogP contribution in [-0.4, -0.2) is 5.91 Å². The van der Waals surface area contributed by atoms with E-state index >= 15 is 0 Å². The van der Waals surface area contributed by atoms with Gasteiger partial charge in [-0.15, -0.1) is 11.3 Å². The standard InChI is InChI=1S/C25H22FN3OS/c1-16-17(2)31-25(29-24(30)18-10-4-3-5-11-18)22(16)23(19-12-6-7-13-20(19)26)28-21-14-8-9-15-27-21/h3-15,23H,1-2H3,(H,27,28)(H,29,30)/p+1/t23-/m1/s1. The number of aromatic amines is 1. The van der Waals surface area contributed by atoms with E-state index in [4.69, 9.17) is 0 Å². The van der Waals surface area contributed by atoms with Crippen LogP contribution in [0.3, 0.4) is 0 Å². The number of hydrogen-bond donors (Lipinski definition) is 2. The minimum absolute atomic E-state index is 0.193. The third kappa shape index (κ3) is 4.49.